The summed E-state index contributed by atoms with van der Waals surface area (Å²) in [6, 6.07) is 0. The fourth-order valence-electron chi connectivity index (χ4n) is 1.52. The molecule has 0 saturated carbocycles. The largest absolute Gasteiger partial charge is 0.343 e. The number of anilines is 1. The van der Waals surface area contributed by atoms with Crippen molar-refractivity contribution < 1.29 is 0 Å². The van der Waals surface area contributed by atoms with Crippen LogP contribution < -0.4 is 10.6 Å². The zero-order chi connectivity index (χ0) is 12.0. The third-order valence-electron chi connectivity index (χ3n) is 2.54. The van der Waals surface area contributed by atoms with Gasteiger partial charge in [0.1, 0.15) is 0 Å². The Bertz CT molecular complexity index is 326. The Morgan fingerprint density at radius 1 is 1.12 bits per heavy atom. The molecule has 0 amide bonds. The van der Waals surface area contributed by atoms with Crippen LogP contribution in [0.5, 0.6) is 0 Å². The predicted molar refractivity (Wildman–Crippen MR) is 65.5 cm³/mol. The lowest BCUT2D eigenvalue weighted by atomic mass is 10.2. The Kier molecular flexibility index (Phi) is 5.11. The average molecular weight is 223 g/mol. The molecule has 0 aliphatic rings. The van der Waals surface area contributed by atoms with Crippen LogP contribution in [0.25, 0.3) is 0 Å². The van der Waals surface area contributed by atoms with Crippen LogP contribution in [0.4, 0.5) is 5.95 Å². The second-order valence-corrected chi connectivity index (χ2v) is 3.78. The zero-order valence-corrected chi connectivity index (χ0v) is 10.4. The van der Waals surface area contributed by atoms with Crippen LogP contribution in [0.15, 0.2) is 0 Å². The van der Waals surface area contributed by atoms with Gasteiger partial charge in [-0.15, -0.1) is 5.10 Å². The van der Waals surface area contributed by atoms with E-state index in [0.29, 0.717) is 12.5 Å². The quantitative estimate of drug-likeness (QED) is 0.772. The standard InChI is InChI=1S/C11H21N5/c1-4-9-10(5-2)14-15-11(13-9)16(3)8-6-7-12/h4-8,12H2,1-3H3. The van der Waals surface area contributed by atoms with Gasteiger partial charge in [0.15, 0.2) is 0 Å². The third-order valence-corrected chi connectivity index (χ3v) is 2.54. The maximum atomic E-state index is 5.47. The molecule has 5 heteroatoms. The molecule has 90 valence electrons. The van der Waals surface area contributed by atoms with E-state index in [0.717, 1.165) is 37.2 Å². The van der Waals surface area contributed by atoms with Gasteiger partial charge < -0.3 is 10.6 Å². The second-order valence-electron chi connectivity index (χ2n) is 3.78. The lowest BCUT2D eigenvalue weighted by Gasteiger charge is -2.16. The molecule has 1 heterocycles. The maximum absolute atomic E-state index is 5.47. The molecular formula is C11H21N5. The van der Waals surface area contributed by atoms with Crippen molar-refractivity contribution in [2.45, 2.75) is 33.1 Å². The van der Waals surface area contributed by atoms with Crippen molar-refractivity contribution in [3.8, 4) is 0 Å². The molecule has 0 fully saturated rings. The summed E-state index contributed by atoms with van der Waals surface area (Å²) >= 11 is 0. The van der Waals surface area contributed by atoms with Crippen LogP contribution in [0.1, 0.15) is 31.7 Å². The summed E-state index contributed by atoms with van der Waals surface area (Å²) in [5.41, 5.74) is 7.52. The van der Waals surface area contributed by atoms with Gasteiger partial charge in [-0.3, -0.25) is 0 Å². The topological polar surface area (TPSA) is 67.9 Å². The number of aromatic nitrogens is 3. The second kappa shape index (κ2) is 6.37. The summed E-state index contributed by atoms with van der Waals surface area (Å²) in [5, 5.41) is 8.35. The van der Waals surface area contributed by atoms with Crippen molar-refractivity contribution >= 4 is 5.95 Å². The van der Waals surface area contributed by atoms with E-state index >= 15 is 0 Å². The van der Waals surface area contributed by atoms with Gasteiger partial charge in [-0.05, 0) is 25.8 Å². The fourth-order valence-corrected chi connectivity index (χ4v) is 1.52. The van der Waals surface area contributed by atoms with Crippen molar-refractivity contribution in [1.82, 2.24) is 15.2 Å². The van der Waals surface area contributed by atoms with E-state index in [4.69, 9.17) is 5.73 Å². The molecule has 16 heavy (non-hydrogen) atoms. The molecule has 5 nitrogen and oxygen atoms in total. The van der Waals surface area contributed by atoms with E-state index < -0.39 is 0 Å². The van der Waals surface area contributed by atoms with Gasteiger partial charge in [0.2, 0.25) is 5.95 Å². The SMILES string of the molecule is CCc1nnc(N(C)CCCN)nc1CC. The Morgan fingerprint density at radius 3 is 2.38 bits per heavy atom. The fraction of sp³-hybridized carbons (Fsp3) is 0.727. The van der Waals surface area contributed by atoms with E-state index in [9.17, 15) is 0 Å². The van der Waals surface area contributed by atoms with E-state index in [2.05, 4.69) is 29.0 Å². The van der Waals surface area contributed by atoms with E-state index in [1.54, 1.807) is 0 Å². The smallest absolute Gasteiger partial charge is 0.245 e. The van der Waals surface area contributed by atoms with Crippen molar-refractivity contribution in [3.63, 3.8) is 0 Å². The Hall–Kier alpha value is -1.23. The average Bonchev–Trinajstić information content (AvgIpc) is 2.34. The monoisotopic (exact) mass is 223 g/mol. The van der Waals surface area contributed by atoms with Crippen LogP contribution in [-0.4, -0.2) is 35.3 Å². The van der Waals surface area contributed by atoms with E-state index in [-0.39, 0.29) is 0 Å². The Balaban J connectivity index is 2.81. The summed E-state index contributed by atoms with van der Waals surface area (Å²) in [7, 11) is 1.97. The first-order valence-electron chi connectivity index (χ1n) is 5.86. The molecule has 0 aliphatic heterocycles. The highest BCUT2D eigenvalue weighted by atomic mass is 15.3. The summed E-state index contributed by atoms with van der Waals surface area (Å²) in [6.45, 7) is 5.72. The molecule has 2 N–H and O–H groups in total. The Labute approximate surface area is 97.1 Å². The summed E-state index contributed by atoms with van der Waals surface area (Å²) in [5.74, 6) is 0.697. The van der Waals surface area contributed by atoms with Crippen LogP contribution in [0.2, 0.25) is 0 Å². The minimum absolute atomic E-state index is 0.686. The number of hydrogen-bond donors (Lipinski definition) is 1. The molecule has 1 rings (SSSR count). The molecule has 0 aromatic carbocycles. The lowest BCUT2D eigenvalue weighted by Crippen LogP contribution is -2.24. The van der Waals surface area contributed by atoms with Gasteiger partial charge in [0.05, 0.1) is 11.4 Å². The first kappa shape index (κ1) is 12.8. The molecule has 0 spiro atoms. The van der Waals surface area contributed by atoms with Crippen LogP contribution in [0, 0.1) is 0 Å². The lowest BCUT2D eigenvalue weighted by molar-refractivity contribution is 0.739. The molecule has 1 aromatic heterocycles. The van der Waals surface area contributed by atoms with Gasteiger partial charge in [-0.25, -0.2) is 4.98 Å². The molecule has 0 saturated heterocycles. The van der Waals surface area contributed by atoms with E-state index in [1.807, 2.05) is 11.9 Å². The molecule has 1 aromatic rings. The van der Waals surface area contributed by atoms with Crippen molar-refractivity contribution in [2.24, 2.45) is 5.73 Å². The first-order chi connectivity index (χ1) is 7.72. The zero-order valence-electron chi connectivity index (χ0n) is 10.4. The third kappa shape index (κ3) is 3.13. The maximum Gasteiger partial charge on any atom is 0.245 e. The number of aryl methyl sites for hydroxylation is 2. The van der Waals surface area contributed by atoms with E-state index in [1.165, 1.54) is 0 Å². The summed E-state index contributed by atoms with van der Waals surface area (Å²) in [6.07, 6.45) is 2.73. The van der Waals surface area contributed by atoms with Gasteiger partial charge in [0, 0.05) is 13.6 Å². The predicted octanol–water partition coefficient (Wildman–Crippen LogP) is 0.781. The van der Waals surface area contributed by atoms with Gasteiger partial charge in [-0.1, -0.05) is 13.8 Å². The van der Waals surface area contributed by atoms with Crippen molar-refractivity contribution in [3.05, 3.63) is 11.4 Å². The molecule has 0 bridgehead atoms. The minimum Gasteiger partial charge on any atom is -0.343 e. The molecule has 0 atom stereocenters. The van der Waals surface area contributed by atoms with Gasteiger partial charge >= 0.3 is 0 Å². The highest BCUT2D eigenvalue weighted by molar-refractivity contribution is 5.28. The number of nitrogens with two attached hydrogens (primary N) is 1. The molecule has 0 radical (unpaired) electrons. The van der Waals surface area contributed by atoms with Crippen molar-refractivity contribution in [2.75, 3.05) is 25.0 Å². The van der Waals surface area contributed by atoms with Gasteiger partial charge in [-0.2, -0.15) is 5.10 Å². The van der Waals surface area contributed by atoms with Crippen molar-refractivity contribution in [1.29, 1.82) is 0 Å². The summed E-state index contributed by atoms with van der Waals surface area (Å²) < 4.78 is 0. The highest BCUT2D eigenvalue weighted by Gasteiger charge is 2.09. The Morgan fingerprint density at radius 2 is 1.81 bits per heavy atom. The molecular weight excluding hydrogens is 202 g/mol. The highest BCUT2D eigenvalue weighted by Crippen LogP contribution is 2.09. The van der Waals surface area contributed by atoms with Crippen LogP contribution >= 0.6 is 0 Å². The van der Waals surface area contributed by atoms with Crippen LogP contribution in [-0.2, 0) is 12.8 Å². The minimum atomic E-state index is 0.686. The summed E-state index contributed by atoms with van der Waals surface area (Å²) in [4.78, 5) is 6.52. The molecule has 0 unspecified atom stereocenters. The first-order valence-corrected chi connectivity index (χ1v) is 5.86. The number of rotatable bonds is 6. The van der Waals surface area contributed by atoms with Gasteiger partial charge in [0.25, 0.3) is 0 Å². The number of nitrogens with zero attached hydrogens (tertiary/aromatic N) is 4. The normalized spacial score (nSPS) is 10.5. The van der Waals surface area contributed by atoms with Crippen LogP contribution in [0.3, 0.4) is 0 Å². The number of hydrogen-bond acceptors (Lipinski definition) is 5. The molecule has 0 aliphatic carbocycles.